The third-order valence-corrected chi connectivity index (χ3v) is 3.44. The molecular weight excluding hydrogens is 364 g/mol. The van der Waals surface area contributed by atoms with Crippen LogP contribution in [0.3, 0.4) is 0 Å². The third kappa shape index (κ3) is 3.32. The summed E-state index contributed by atoms with van der Waals surface area (Å²) in [6.07, 6.45) is 0. The van der Waals surface area contributed by atoms with Crippen LogP contribution in [0.25, 0.3) is 0 Å². The Morgan fingerprint density at radius 2 is 2.05 bits per heavy atom. The van der Waals surface area contributed by atoms with Gasteiger partial charge < -0.3 is 10.4 Å². The van der Waals surface area contributed by atoms with Crippen molar-refractivity contribution < 1.29 is 14.8 Å². The zero-order valence-electron chi connectivity index (χ0n) is 10.3. The van der Waals surface area contributed by atoms with E-state index >= 15 is 0 Å². The number of para-hydroxylation sites is 1. The molecule has 0 saturated carbocycles. The minimum Gasteiger partial charge on any atom is -0.502 e. The number of nitro groups is 1. The Kier molecular flexibility index (Phi) is 4.44. The van der Waals surface area contributed by atoms with Crippen molar-refractivity contribution in [3.8, 4) is 5.75 Å². The number of hydrogen-bond donors (Lipinski definition) is 2. The predicted molar refractivity (Wildman–Crippen MR) is 81.9 cm³/mol. The van der Waals surface area contributed by atoms with Crippen LogP contribution in [0, 0.1) is 10.1 Å². The maximum absolute atomic E-state index is 12.1. The fourth-order valence-corrected chi connectivity index (χ4v) is 2.36. The summed E-state index contributed by atoms with van der Waals surface area (Å²) < 4.78 is 0.740. The lowest BCUT2D eigenvalue weighted by Gasteiger charge is -2.08. The topological polar surface area (TPSA) is 92.5 Å². The van der Waals surface area contributed by atoms with Gasteiger partial charge in [-0.3, -0.25) is 14.9 Å². The standard InChI is InChI=1S/C13H8BrClN2O4/c14-7-4-5-10(9(15)6-7)16-13(19)8-2-1-3-11(12(8)18)17(20)21/h1-6,18H,(H,16,19). The molecule has 6 nitrogen and oxygen atoms in total. The summed E-state index contributed by atoms with van der Waals surface area (Å²) in [5.41, 5.74) is -0.413. The highest BCUT2D eigenvalue weighted by Gasteiger charge is 2.21. The maximum Gasteiger partial charge on any atom is 0.311 e. The molecule has 0 bridgehead atoms. The molecule has 2 aromatic rings. The average molecular weight is 372 g/mol. The molecule has 0 aliphatic carbocycles. The number of phenolic OH excluding ortho intramolecular Hbond substituents is 1. The molecule has 0 radical (unpaired) electrons. The molecule has 0 atom stereocenters. The molecule has 0 heterocycles. The van der Waals surface area contributed by atoms with Crippen LogP contribution in [0.5, 0.6) is 5.75 Å². The molecule has 0 saturated heterocycles. The maximum atomic E-state index is 12.1. The normalized spacial score (nSPS) is 10.2. The van der Waals surface area contributed by atoms with Gasteiger partial charge in [-0.2, -0.15) is 0 Å². The molecule has 0 spiro atoms. The highest BCUT2D eigenvalue weighted by Crippen LogP contribution is 2.31. The molecule has 21 heavy (non-hydrogen) atoms. The third-order valence-electron chi connectivity index (χ3n) is 2.64. The van der Waals surface area contributed by atoms with Gasteiger partial charge in [0.05, 0.1) is 21.2 Å². The first-order chi connectivity index (χ1) is 9.90. The number of phenols is 1. The number of amides is 1. The number of nitrogens with one attached hydrogen (secondary N) is 1. The Morgan fingerprint density at radius 3 is 2.67 bits per heavy atom. The van der Waals surface area contributed by atoms with Crippen molar-refractivity contribution in [1.29, 1.82) is 0 Å². The number of anilines is 1. The van der Waals surface area contributed by atoms with Crippen LogP contribution in [0.4, 0.5) is 11.4 Å². The number of nitrogens with zero attached hydrogens (tertiary/aromatic N) is 1. The van der Waals surface area contributed by atoms with Crippen LogP contribution < -0.4 is 5.32 Å². The second-order valence-corrected chi connectivity index (χ2v) is 5.33. The second kappa shape index (κ2) is 6.11. The number of rotatable bonds is 3. The van der Waals surface area contributed by atoms with Gasteiger partial charge >= 0.3 is 5.69 Å². The number of carbonyl (C=O) groups excluding carboxylic acids is 1. The summed E-state index contributed by atoms with van der Waals surface area (Å²) in [5.74, 6) is -1.38. The number of aromatic hydroxyl groups is 1. The van der Waals surface area contributed by atoms with Crippen LogP contribution in [-0.2, 0) is 0 Å². The van der Waals surface area contributed by atoms with Gasteiger partial charge in [0.1, 0.15) is 0 Å². The quantitative estimate of drug-likeness (QED) is 0.631. The Labute approximate surface area is 132 Å². The molecule has 108 valence electrons. The first-order valence-electron chi connectivity index (χ1n) is 5.63. The summed E-state index contributed by atoms with van der Waals surface area (Å²) in [7, 11) is 0. The molecule has 0 aliphatic rings. The Bertz CT molecular complexity index is 736. The molecule has 0 aliphatic heterocycles. The van der Waals surface area contributed by atoms with E-state index in [2.05, 4.69) is 21.2 Å². The van der Waals surface area contributed by atoms with Crippen molar-refractivity contribution in [2.45, 2.75) is 0 Å². The van der Waals surface area contributed by atoms with Crippen molar-refractivity contribution in [1.82, 2.24) is 0 Å². The minimum atomic E-state index is -0.765. The first-order valence-corrected chi connectivity index (χ1v) is 6.80. The van der Waals surface area contributed by atoms with E-state index in [0.717, 1.165) is 10.5 Å². The molecule has 0 fully saturated rings. The van der Waals surface area contributed by atoms with Gasteiger partial charge in [-0.25, -0.2) is 0 Å². The van der Waals surface area contributed by atoms with E-state index in [1.807, 2.05) is 0 Å². The molecule has 2 aromatic carbocycles. The summed E-state index contributed by atoms with van der Waals surface area (Å²) >= 11 is 9.20. The molecular formula is C13H8BrClN2O4. The highest BCUT2D eigenvalue weighted by atomic mass is 79.9. The molecule has 0 unspecified atom stereocenters. The lowest BCUT2D eigenvalue weighted by molar-refractivity contribution is -0.385. The molecule has 0 aromatic heterocycles. The Balaban J connectivity index is 2.33. The van der Waals surface area contributed by atoms with Gasteiger partial charge in [0.15, 0.2) is 0 Å². The SMILES string of the molecule is O=C(Nc1ccc(Br)cc1Cl)c1cccc([N+](=O)[O-])c1O. The number of nitro benzene ring substituents is 1. The largest absolute Gasteiger partial charge is 0.502 e. The summed E-state index contributed by atoms with van der Waals surface area (Å²) in [4.78, 5) is 22.1. The van der Waals surface area contributed by atoms with Gasteiger partial charge in [-0.15, -0.1) is 0 Å². The molecule has 2 rings (SSSR count). The van der Waals surface area contributed by atoms with Crippen LogP contribution in [0.2, 0.25) is 5.02 Å². The number of hydrogen-bond acceptors (Lipinski definition) is 4. The van der Waals surface area contributed by atoms with Crippen LogP contribution in [0.15, 0.2) is 40.9 Å². The number of carbonyl (C=O) groups is 1. The Hall–Kier alpha value is -2.12. The van der Waals surface area contributed by atoms with Crippen molar-refractivity contribution in [3.05, 3.63) is 61.6 Å². The second-order valence-electron chi connectivity index (χ2n) is 4.01. The van der Waals surface area contributed by atoms with Gasteiger partial charge in [0.2, 0.25) is 5.75 Å². The molecule has 2 N–H and O–H groups in total. The van der Waals surface area contributed by atoms with Crippen LogP contribution in [0.1, 0.15) is 10.4 Å². The fraction of sp³-hybridized carbons (Fsp3) is 0. The van der Waals surface area contributed by atoms with E-state index in [-0.39, 0.29) is 5.56 Å². The predicted octanol–water partition coefficient (Wildman–Crippen LogP) is 3.97. The summed E-state index contributed by atoms with van der Waals surface area (Å²) in [6, 6.07) is 8.54. The van der Waals surface area contributed by atoms with Gasteiger partial charge in [-0.05, 0) is 24.3 Å². The number of halogens is 2. The number of benzene rings is 2. The van der Waals surface area contributed by atoms with Gasteiger partial charge in [-0.1, -0.05) is 33.6 Å². The van der Waals surface area contributed by atoms with Gasteiger partial charge in [0, 0.05) is 10.5 Å². The fourth-order valence-electron chi connectivity index (χ4n) is 1.64. The van der Waals surface area contributed by atoms with E-state index in [9.17, 15) is 20.0 Å². The highest BCUT2D eigenvalue weighted by molar-refractivity contribution is 9.10. The monoisotopic (exact) mass is 370 g/mol. The van der Waals surface area contributed by atoms with Crippen molar-refractivity contribution in [2.75, 3.05) is 5.32 Å². The summed E-state index contributed by atoms with van der Waals surface area (Å²) in [6.45, 7) is 0. The van der Waals surface area contributed by atoms with E-state index in [1.165, 1.54) is 12.1 Å². The first kappa shape index (κ1) is 15.3. The van der Waals surface area contributed by atoms with E-state index in [0.29, 0.717) is 10.7 Å². The van der Waals surface area contributed by atoms with Crippen LogP contribution in [-0.4, -0.2) is 15.9 Å². The minimum absolute atomic E-state index is 0.205. The van der Waals surface area contributed by atoms with Crippen molar-refractivity contribution in [2.24, 2.45) is 0 Å². The van der Waals surface area contributed by atoms with Crippen molar-refractivity contribution >= 4 is 44.8 Å². The lowest BCUT2D eigenvalue weighted by atomic mass is 10.1. The van der Waals surface area contributed by atoms with Crippen LogP contribution >= 0.6 is 27.5 Å². The van der Waals surface area contributed by atoms with Gasteiger partial charge in [0.25, 0.3) is 5.91 Å². The van der Waals surface area contributed by atoms with E-state index in [1.54, 1.807) is 18.2 Å². The van der Waals surface area contributed by atoms with Crippen molar-refractivity contribution in [3.63, 3.8) is 0 Å². The lowest BCUT2D eigenvalue weighted by Crippen LogP contribution is -2.12. The molecule has 8 heteroatoms. The zero-order valence-corrected chi connectivity index (χ0v) is 12.7. The van der Waals surface area contributed by atoms with E-state index < -0.39 is 22.3 Å². The summed E-state index contributed by atoms with van der Waals surface area (Å²) in [5, 5.41) is 23.3. The molecule has 1 amide bonds. The smallest absolute Gasteiger partial charge is 0.311 e. The van der Waals surface area contributed by atoms with E-state index in [4.69, 9.17) is 11.6 Å². The average Bonchev–Trinajstić information content (AvgIpc) is 2.41. The zero-order chi connectivity index (χ0) is 15.6. The Morgan fingerprint density at radius 1 is 1.33 bits per heavy atom.